The van der Waals surface area contributed by atoms with E-state index >= 15 is 0 Å². The summed E-state index contributed by atoms with van der Waals surface area (Å²) in [5.41, 5.74) is 0. The lowest BCUT2D eigenvalue weighted by atomic mass is 10.5. The van der Waals surface area contributed by atoms with Crippen LogP contribution in [0.15, 0.2) is 12.2 Å². The van der Waals surface area contributed by atoms with Crippen LogP contribution in [0.2, 0.25) is 0 Å². The normalized spacial score (nSPS) is 14.7. The molecule has 0 spiro atoms. The van der Waals surface area contributed by atoms with E-state index in [1.165, 1.54) is 0 Å². The van der Waals surface area contributed by atoms with Gasteiger partial charge in [0, 0.05) is 6.08 Å². The number of nitrogens with zero attached hydrogens (tertiary/aromatic N) is 1. The molecule has 0 saturated carbocycles. The van der Waals surface area contributed by atoms with E-state index in [1.54, 1.807) is 0 Å². The molecule has 0 N–H and O–H groups in total. The molecule has 0 fully saturated rings. The SMILES string of the molecule is CCS(=O)(=O)N(F)S(=O)(=O)CC=CC(F)(F)F. The van der Waals surface area contributed by atoms with Gasteiger partial charge in [0.25, 0.3) is 20.0 Å². The molecule has 0 aromatic rings. The Morgan fingerprint density at radius 2 is 1.59 bits per heavy atom. The Kier molecular flexibility index (Phi) is 5.10. The van der Waals surface area contributed by atoms with E-state index in [0.717, 1.165) is 6.92 Å². The topological polar surface area (TPSA) is 71.5 Å². The Morgan fingerprint density at radius 3 is 1.94 bits per heavy atom. The maximum atomic E-state index is 12.9. The van der Waals surface area contributed by atoms with Crippen molar-refractivity contribution in [3.63, 3.8) is 0 Å². The van der Waals surface area contributed by atoms with Crippen LogP contribution in [-0.2, 0) is 20.0 Å². The first-order chi connectivity index (χ1) is 7.42. The Labute approximate surface area is 95.8 Å². The van der Waals surface area contributed by atoms with Gasteiger partial charge in [-0.15, -0.1) is 4.48 Å². The van der Waals surface area contributed by atoms with Crippen LogP contribution in [0.4, 0.5) is 17.7 Å². The molecule has 0 unspecified atom stereocenters. The van der Waals surface area contributed by atoms with Crippen LogP contribution in [0.3, 0.4) is 0 Å². The van der Waals surface area contributed by atoms with E-state index in [0.29, 0.717) is 0 Å². The zero-order chi connectivity index (χ0) is 13.9. The molecule has 0 aromatic carbocycles. The minimum Gasteiger partial charge on any atom is -0.209 e. The molecule has 0 aliphatic rings. The van der Waals surface area contributed by atoms with Crippen LogP contribution in [-0.4, -0.2) is 38.5 Å². The van der Waals surface area contributed by atoms with Gasteiger partial charge in [0.05, 0.1) is 15.4 Å². The number of rotatable bonds is 5. The molecule has 0 radical (unpaired) electrons. The monoisotopic (exact) mass is 299 g/mol. The van der Waals surface area contributed by atoms with Crippen molar-refractivity contribution < 1.29 is 34.5 Å². The fraction of sp³-hybridized carbons (Fsp3) is 0.667. The highest BCUT2D eigenvalue weighted by Gasteiger charge is 2.33. The van der Waals surface area contributed by atoms with E-state index in [9.17, 15) is 34.5 Å². The van der Waals surface area contributed by atoms with E-state index in [2.05, 4.69) is 0 Å². The van der Waals surface area contributed by atoms with Crippen molar-refractivity contribution in [1.82, 2.24) is 3.93 Å². The zero-order valence-electron chi connectivity index (χ0n) is 8.48. The van der Waals surface area contributed by atoms with Crippen molar-refractivity contribution in [3.05, 3.63) is 12.2 Å². The summed E-state index contributed by atoms with van der Waals surface area (Å²) in [4.78, 5) is 0. The zero-order valence-corrected chi connectivity index (χ0v) is 10.1. The van der Waals surface area contributed by atoms with Gasteiger partial charge in [0.1, 0.15) is 0 Å². The van der Waals surface area contributed by atoms with Crippen LogP contribution in [0, 0.1) is 0 Å². The van der Waals surface area contributed by atoms with E-state index in [-0.39, 0.29) is 6.08 Å². The third-order valence-electron chi connectivity index (χ3n) is 1.42. The lowest BCUT2D eigenvalue weighted by Crippen LogP contribution is -2.32. The molecule has 11 heteroatoms. The Morgan fingerprint density at radius 1 is 1.12 bits per heavy atom. The van der Waals surface area contributed by atoms with Crippen molar-refractivity contribution in [2.45, 2.75) is 13.1 Å². The third-order valence-corrected chi connectivity index (χ3v) is 5.00. The fourth-order valence-corrected chi connectivity index (χ4v) is 3.18. The maximum Gasteiger partial charge on any atom is 0.409 e. The third kappa shape index (κ3) is 5.46. The number of alkyl halides is 3. The maximum absolute atomic E-state index is 12.9. The summed E-state index contributed by atoms with van der Waals surface area (Å²) in [5, 5.41) is 0. The van der Waals surface area contributed by atoms with Gasteiger partial charge in [-0.2, -0.15) is 13.2 Å². The van der Waals surface area contributed by atoms with Gasteiger partial charge in [-0.25, -0.2) is 16.8 Å². The highest BCUT2D eigenvalue weighted by Crippen LogP contribution is 2.17. The average molecular weight is 299 g/mol. The van der Waals surface area contributed by atoms with Gasteiger partial charge in [0.15, 0.2) is 0 Å². The van der Waals surface area contributed by atoms with Gasteiger partial charge < -0.3 is 0 Å². The average Bonchev–Trinajstić information content (AvgIpc) is 2.14. The molecule has 0 atom stereocenters. The molecule has 5 nitrogen and oxygen atoms in total. The van der Waals surface area contributed by atoms with Crippen molar-refractivity contribution in [1.29, 1.82) is 0 Å². The molecule has 0 aromatic heterocycles. The molecular weight excluding hydrogens is 290 g/mol. The second-order valence-corrected chi connectivity index (χ2v) is 6.89. The highest BCUT2D eigenvalue weighted by atomic mass is 32.3. The van der Waals surface area contributed by atoms with Crippen LogP contribution < -0.4 is 0 Å². The standard InChI is InChI=1S/C6H9F4NO4S2/c1-2-16(12,13)11(10)17(14,15)5-3-4-6(7,8)9/h3-4H,2,5H2,1H3. The van der Waals surface area contributed by atoms with Gasteiger partial charge >= 0.3 is 6.18 Å². The Balaban J connectivity index is 4.90. The summed E-state index contributed by atoms with van der Waals surface area (Å²) in [6.45, 7) is 0.989. The molecule has 0 heterocycles. The van der Waals surface area contributed by atoms with Gasteiger partial charge in [-0.05, 0) is 6.92 Å². The van der Waals surface area contributed by atoms with Gasteiger partial charge in [-0.3, -0.25) is 0 Å². The van der Waals surface area contributed by atoms with E-state index in [4.69, 9.17) is 0 Å². The lowest BCUT2D eigenvalue weighted by molar-refractivity contribution is -0.0799. The largest absolute Gasteiger partial charge is 0.409 e. The van der Waals surface area contributed by atoms with Crippen molar-refractivity contribution >= 4 is 20.0 Å². The molecule has 102 valence electrons. The fourth-order valence-electron chi connectivity index (χ4n) is 0.636. The van der Waals surface area contributed by atoms with Crippen molar-refractivity contribution in [3.8, 4) is 0 Å². The summed E-state index contributed by atoms with van der Waals surface area (Å²) in [5.74, 6) is -2.23. The van der Waals surface area contributed by atoms with Crippen LogP contribution in [0.1, 0.15) is 6.92 Å². The summed E-state index contributed by atoms with van der Waals surface area (Å²) < 4.78 is 90.0. The van der Waals surface area contributed by atoms with Crippen LogP contribution >= 0.6 is 0 Å². The minimum absolute atomic E-state index is 0.118. The first-order valence-electron chi connectivity index (χ1n) is 4.08. The Bertz CT molecular complexity index is 479. The second kappa shape index (κ2) is 5.31. The summed E-state index contributed by atoms with van der Waals surface area (Å²) in [6.07, 6.45) is -5.05. The van der Waals surface area contributed by atoms with Crippen LogP contribution in [0.5, 0.6) is 0 Å². The van der Waals surface area contributed by atoms with Crippen molar-refractivity contribution in [2.24, 2.45) is 0 Å². The first kappa shape index (κ1) is 16.3. The Hall–Kier alpha value is -0.680. The molecule has 0 bridgehead atoms. The summed E-state index contributed by atoms with van der Waals surface area (Å²) in [7, 11) is -9.62. The predicted molar refractivity (Wildman–Crippen MR) is 51.4 cm³/mol. The van der Waals surface area contributed by atoms with Gasteiger partial charge in [-0.1, -0.05) is 6.08 Å². The minimum atomic E-state index is -4.96. The van der Waals surface area contributed by atoms with Gasteiger partial charge in [0.2, 0.25) is 0 Å². The number of halogens is 4. The molecule has 0 aliphatic heterocycles. The number of hydrogen-bond acceptors (Lipinski definition) is 4. The molecule has 0 amide bonds. The summed E-state index contributed by atoms with van der Waals surface area (Å²) >= 11 is 0. The molecule has 0 aliphatic carbocycles. The number of allylic oxidation sites excluding steroid dienone is 1. The quantitative estimate of drug-likeness (QED) is 0.431. The number of hydrogen-bond donors (Lipinski definition) is 0. The van der Waals surface area contributed by atoms with E-state index < -0.39 is 47.7 Å². The summed E-state index contributed by atoms with van der Waals surface area (Å²) in [6, 6.07) is 0. The molecule has 17 heavy (non-hydrogen) atoms. The predicted octanol–water partition coefficient (Wildman–Crippen LogP) is 0.971. The lowest BCUT2D eigenvalue weighted by Gasteiger charge is -2.09. The second-order valence-electron chi connectivity index (χ2n) is 2.78. The van der Waals surface area contributed by atoms with E-state index in [1.807, 2.05) is 0 Å². The first-order valence-corrected chi connectivity index (χ1v) is 7.30. The van der Waals surface area contributed by atoms with Crippen molar-refractivity contribution in [2.75, 3.05) is 11.5 Å². The van der Waals surface area contributed by atoms with Crippen LogP contribution in [0.25, 0.3) is 0 Å². The highest BCUT2D eigenvalue weighted by molar-refractivity contribution is 8.03. The molecular formula is C6H9F4NO4S2. The molecule has 0 rings (SSSR count). The molecule has 0 saturated heterocycles. The number of sulfonamides is 2. The smallest absolute Gasteiger partial charge is 0.209 e.